The van der Waals surface area contributed by atoms with E-state index in [4.69, 9.17) is 9.47 Å². The number of nitrogens with one attached hydrogen (secondary N) is 2. The van der Waals surface area contributed by atoms with Crippen molar-refractivity contribution in [1.29, 1.82) is 0 Å². The van der Waals surface area contributed by atoms with Crippen LogP contribution in [0, 0.1) is 0 Å². The van der Waals surface area contributed by atoms with E-state index in [1.54, 1.807) is 17.0 Å². The number of halogens is 2. The molecule has 204 valence electrons. The van der Waals surface area contributed by atoms with Gasteiger partial charge in [0.05, 0.1) is 19.8 Å². The molecule has 1 aromatic heterocycles. The first-order chi connectivity index (χ1) is 17.0. The summed E-state index contributed by atoms with van der Waals surface area (Å²) in [6.07, 6.45) is -0.368. The van der Waals surface area contributed by atoms with Crippen molar-refractivity contribution < 1.29 is 24.2 Å². The third-order valence-electron chi connectivity index (χ3n) is 6.46. The number of hydrogen-bond donors (Lipinski definition) is 3. The Bertz CT molecular complexity index is 1050. The van der Waals surface area contributed by atoms with Gasteiger partial charge in [-0.1, -0.05) is 24.3 Å². The molecule has 1 saturated heterocycles. The van der Waals surface area contributed by atoms with Crippen molar-refractivity contribution in [3.05, 3.63) is 53.1 Å². The Kier molecular flexibility index (Phi) is 11.7. The average Bonchev–Trinajstić information content (AvgIpc) is 2.91. The fourth-order valence-electron chi connectivity index (χ4n) is 4.46. The number of aliphatic hydroxyl groups excluding tert-OH is 1. The molecule has 10 nitrogen and oxygen atoms in total. The van der Waals surface area contributed by atoms with E-state index in [0.717, 1.165) is 0 Å². The lowest BCUT2D eigenvalue weighted by Crippen LogP contribution is -2.49. The third kappa shape index (κ3) is 7.38. The van der Waals surface area contributed by atoms with Gasteiger partial charge in [0.2, 0.25) is 5.88 Å². The summed E-state index contributed by atoms with van der Waals surface area (Å²) in [5.41, 5.74) is 2.77. The SMILES string of the molecule is CCOc1nc(N2CCN(C(=O)OC)CC2)ccc1C(=O)NCC(O)[C@@H]1Cc2ccccc2CN1.Cl.Cl. The van der Waals surface area contributed by atoms with Crippen molar-refractivity contribution in [2.45, 2.75) is 32.0 Å². The van der Waals surface area contributed by atoms with Crippen LogP contribution in [0.25, 0.3) is 0 Å². The lowest BCUT2D eigenvalue weighted by molar-refractivity contribution is 0.0865. The number of methoxy groups -OCH3 is 1. The van der Waals surface area contributed by atoms with Crippen molar-refractivity contribution >= 4 is 42.6 Å². The maximum Gasteiger partial charge on any atom is 0.409 e. The Morgan fingerprint density at radius 2 is 1.84 bits per heavy atom. The Balaban J connectivity index is 0.00000241. The summed E-state index contributed by atoms with van der Waals surface area (Å²) < 4.78 is 10.5. The van der Waals surface area contributed by atoms with Crippen LogP contribution < -0.4 is 20.3 Å². The fourth-order valence-corrected chi connectivity index (χ4v) is 4.46. The number of anilines is 1. The van der Waals surface area contributed by atoms with Crippen LogP contribution in [0.5, 0.6) is 5.88 Å². The van der Waals surface area contributed by atoms with Crippen molar-refractivity contribution in [3.63, 3.8) is 0 Å². The monoisotopic (exact) mass is 555 g/mol. The van der Waals surface area contributed by atoms with Gasteiger partial charge < -0.3 is 35.0 Å². The minimum absolute atomic E-state index is 0. The van der Waals surface area contributed by atoms with E-state index in [-0.39, 0.29) is 55.3 Å². The highest BCUT2D eigenvalue weighted by Gasteiger charge is 2.26. The van der Waals surface area contributed by atoms with Gasteiger partial charge in [0.25, 0.3) is 5.91 Å². The molecule has 0 saturated carbocycles. The number of hydrogen-bond acceptors (Lipinski definition) is 8. The molecule has 0 radical (unpaired) electrons. The normalized spacial score (nSPS) is 17.4. The first-order valence-corrected chi connectivity index (χ1v) is 12.0. The zero-order valence-corrected chi connectivity index (χ0v) is 22.6. The van der Waals surface area contributed by atoms with E-state index in [1.807, 2.05) is 24.0 Å². The molecule has 3 N–H and O–H groups in total. The van der Waals surface area contributed by atoms with Crippen molar-refractivity contribution in [2.75, 3.05) is 51.3 Å². The minimum Gasteiger partial charge on any atom is -0.477 e. The summed E-state index contributed by atoms with van der Waals surface area (Å²) in [6, 6.07) is 11.5. The first-order valence-electron chi connectivity index (χ1n) is 12.0. The molecule has 1 unspecified atom stereocenters. The number of carbonyl (C=O) groups is 2. The number of carbonyl (C=O) groups excluding carboxylic acids is 2. The van der Waals surface area contributed by atoms with Gasteiger partial charge in [0.15, 0.2) is 0 Å². The number of benzene rings is 1. The molecule has 0 bridgehead atoms. The van der Waals surface area contributed by atoms with Gasteiger partial charge in [-0.2, -0.15) is 4.98 Å². The van der Waals surface area contributed by atoms with Gasteiger partial charge in [-0.3, -0.25) is 4.79 Å². The summed E-state index contributed by atoms with van der Waals surface area (Å²) in [4.78, 5) is 32.9. The Morgan fingerprint density at radius 1 is 1.14 bits per heavy atom. The van der Waals surface area contributed by atoms with E-state index < -0.39 is 6.10 Å². The molecular formula is C25H35Cl2N5O5. The number of aliphatic hydroxyl groups is 1. The predicted molar refractivity (Wildman–Crippen MR) is 145 cm³/mol. The van der Waals surface area contributed by atoms with Crippen LogP contribution in [0.4, 0.5) is 10.6 Å². The smallest absolute Gasteiger partial charge is 0.409 e. The molecule has 1 fully saturated rings. The Hall–Kier alpha value is -2.79. The van der Waals surface area contributed by atoms with E-state index in [1.165, 1.54) is 18.2 Å². The molecule has 3 heterocycles. The van der Waals surface area contributed by atoms with Gasteiger partial charge in [-0.15, -0.1) is 24.8 Å². The average molecular weight is 556 g/mol. The topological polar surface area (TPSA) is 116 Å². The molecule has 0 spiro atoms. The van der Waals surface area contributed by atoms with E-state index in [9.17, 15) is 14.7 Å². The van der Waals surface area contributed by atoms with Crippen LogP contribution in [-0.4, -0.2) is 85.6 Å². The quantitative estimate of drug-likeness (QED) is 0.475. The number of piperazine rings is 1. The van der Waals surface area contributed by atoms with Gasteiger partial charge in [-0.05, 0) is 36.6 Å². The number of aromatic nitrogens is 1. The van der Waals surface area contributed by atoms with Gasteiger partial charge in [0, 0.05) is 45.3 Å². The van der Waals surface area contributed by atoms with Crippen LogP contribution in [-0.2, 0) is 17.7 Å². The third-order valence-corrected chi connectivity index (χ3v) is 6.46. The highest BCUT2D eigenvalue weighted by Crippen LogP contribution is 2.23. The maximum absolute atomic E-state index is 12.9. The van der Waals surface area contributed by atoms with E-state index in [0.29, 0.717) is 57.1 Å². The molecule has 2 aromatic rings. The molecule has 2 atom stereocenters. The second-order valence-electron chi connectivity index (χ2n) is 8.64. The molecule has 0 aliphatic carbocycles. The summed E-state index contributed by atoms with van der Waals surface area (Å²) in [6.45, 7) is 5.26. The summed E-state index contributed by atoms with van der Waals surface area (Å²) in [5, 5.41) is 16.9. The number of ether oxygens (including phenoxy) is 2. The number of fused-ring (bicyclic) bond motifs is 1. The highest BCUT2D eigenvalue weighted by molar-refractivity contribution is 5.96. The number of pyridine rings is 1. The Labute approximate surface area is 229 Å². The zero-order valence-electron chi connectivity index (χ0n) is 21.0. The second-order valence-corrected chi connectivity index (χ2v) is 8.64. The molecular weight excluding hydrogens is 521 g/mol. The predicted octanol–water partition coefficient (Wildman–Crippen LogP) is 2.02. The van der Waals surface area contributed by atoms with Crippen LogP contribution in [0.1, 0.15) is 28.4 Å². The minimum atomic E-state index is -0.735. The number of amides is 2. The summed E-state index contributed by atoms with van der Waals surface area (Å²) in [5.74, 6) is 0.579. The number of rotatable bonds is 7. The highest BCUT2D eigenvalue weighted by atomic mass is 35.5. The summed E-state index contributed by atoms with van der Waals surface area (Å²) in [7, 11) is 1.37. The summed E-state index contributed by atoms with van der Waals surface area (Å²) >= 11 is 0. The molecule has 12 heteroatoms. The molecule has 2 amide bonds. The standard InChI is InChI=1S/C25H33N5O5.2ClH/c1-3-35-24-19(8-9-22(28-24)29-10-12-30(13-11-29)25(33)34-2)23(32)27-16-21(31)20-14-17-6-4-5-7-18(17)15-26-20;;/h4-9,20-21,26,31H,3,10-16H2,1-2H3,(H,27,32);2*1H/t20-,21?;;/m0../s1. The van der Waals surface area contributed by atoms with Crippen LogP contribution in [0.2, 0.25) is 0 Å². The van der Waals surface area contributed by atoms with Crippen molar-refractivity contribution in [1.82, 2.24) is 20.5 Å². The largest absolute Gasteiger partial charge is 0.477 e. The molecule has 2 aliphatic heterocycles. The van der Waals surface area contributed by atoms with Gasteiger partial charge in [-0.25, -0.2) is 4.79 Å². The van der Waals surface area contributed by atoms with Gasteiger partial charge >= 0.3 is 6.09 Å². The van der Waals surface area contributed by atoms with E-state index in [2.05, 4.69) is 27.8 Å². The maximum atomic E-state index is 12.9. The first kappa shape index (κ1) is 30.4. The van der Waals surface area contributed by atoms with Crippen molar-refractivity contribution in [3.8, 4) is 5.88 Å². The van der Waals surface area contributed by atoms with Crippen molar-refractivity contribution in [2.24, 2.45) is 0 Å². The fraction of sp³-hybridized carbons (Fsp3) is 0.480. The number of nitrogens with zero attached hydrogens (tertiary/aromatic N) is 3. The van der Waals surface area contributed by atoms with Crippen LogP contribution in [0.3, 0.4) is 0 Å². The lowest BCUT2D eigenvalue weighted by Gasteiger charge is -2.34. The molecule has 4 rings (SSSR count). The van der Waals surface area contributed by atoms with Crippen LogP contribution in [0.15, 0.2) is 36.4 Å². The zero-order chi connectivity index (χ0) is 24.8. The lowest BCUT2D eigenvalue weighted by atomic mass is 9.93. The van der Waals surface area contributed by atoms with Crippen LogP contribution >= 0.6 is 24.8 Å². The Morgan fingerprint density at radius 3 is 2.51 bits per heavy atom. The molecule has 37 heavy (non-hydrogen) atoms. The van der Waals surface area contributed by atoms with E-state index >= 15 is 0 Å². The second kappa shape index (κ2) is 14.2. The van der Waals surface area contributed by atoms with Gasteiger partial charge in [0.1, 0.15) is 11.4 Å². The molecule has 1 aromatic carbocycles. The molecule has 2 aliphatic rings.